The lowest BCUT2D eigenvalue weighted by Crippen LogP contribution is -2.52. The van der Waals surface area contributed by atoms with E-state index in [2.05, 4.69) is 15.7 Å². The summed E-state index contributed by atoms with van der Waals surface area (Å²) in [6.07, 6.45) is 7.60. The van der Waals surface area contributed by atoms with Gasteiger partial charge < -0.3 is 15.4 Å². The molecule has 1 aliphatic carbocycles. The summed E-state index contributed by atoms with van der Waals surface area (Å²) in [5, 5.41) is 10.7. The van der Waals surface area contributed by atoms with Gasteiger partial charge in [0.15, 0.2) is 0 Å². The summed E-state index contributed by atoms with van der Waals surface area (Å²) in [7, 11) is 0. The molecule has 6 heteroatoms. The first-order chi connectivity index (χ1) is 12.3. The van der Waals surface area contributed by atoms with Gasteiger partial charge in [0.25, 0.3) is 5.91 Å². The van der Waals surface area contributed by atoms with Gasteiger partial charge >= 0.3 is 0 Å². The standard InChI is InChI=1S/C19H24N4O2/c24-18(19(8-11-20-12-9-19)23-13-1-10-21-23)22-16-4-6-17(7-5-16)25-14-15-2-3-15/h1,4-7,10,13,15,20H,2-3,8-9,11-12,14H2,(H,22,24). The monoisotopic (exact) mass is 340 g/mol. The van der Waals surface area contributed by atoms with Crippen LogP contribution in [-0.2, 0) is 10.3 Å². The van der Waals surface area contributed by atoms with E-state index in [0.717, 1.165) is 49.9 Å². The highest BCUT2D eigenvalue weighted by molar-refractivity contribution is 5.96. The minimum atomic E-state index is -0.629. The average molecular weight is 340 g/mol. The highest BCUT2D eigenvalue weighted by Crippen LogP contribution is 2.31. The molecule has 0 atom stereocenters. The molecule has 6 nitrogen and oxygen atoms in total. The van der Waals surface area contributed by atoms with Gasteiger partial charge in [-0.1, -0.05) is 0 Å². The molecule has 1 aliphatic heterocycles. The van der Waals surface area contributed by atoms with Gasteiger partial charge in [0.05, 0.1) is 6.61 Å². The molecule has 1 amide bonds. The smallest absolute Gasteiger partial charge is 0.252 e. The maximum atomic E-state index is 13.1. The number of hydrogen-bond donors (Lipinski definition) is 2. The molecule has 1 saturated heterocycles. The van der Waals surface area contributed by atoms with Crippen LogP contribution in [0.3, 0.4) is 0 Å². The van der Waals surface area contributed by atoms with Gasteiger partial charge in [0, 0.05) is 18.1 Å². The van der Waals surface area contributed by atoms with Gasteiger partial charge in [-0.2, -0.15) is 5.10 Å². The van der Waals surface area contributed by atoms with Crippen LogP contribution in [0.5, 0.6) is 5.75 Å². The Labute approximate surface area is 147 Å². The molecule has 1 aromatic carbocycles. The van der Waals surface area contributed by atoms with Crippen LogP contribution in [0.25, 0.3) is 0 Å². The van der Waals surface area contributed by atoms with Gasteiger partial charge in [-0.3, -0.25) is 9.48 Å². The van der Waals surface area contributed by atoms with Gasteiger partial charge in [0.1, 0.15) is 11.3 Å². The van der Waals surface area contributed by atoms with Gasteiger partial charge in [-0.05, 0) is 75.0 Å². The fraction of sp³-hybridized carbons (Fsp3) is 0.474. The largest absolute Gasteiger partial charge is 0.493 e. The van der Waals surface area contributed by atoms with E-state index in [-0.39, 0.29) is 5.91 Å². The number of piperidine rings is 1. The summed E-state index contributed by atoms with van der Waals surface area (Å²) < 4.78 is 7.55. The summed E-state index contributed by atoms with van der Waals surface area (Å²) in [6.45, 7) is 2.41. The van der Waals surface area contributed by atoms with Crippen molar-refractivity contribution >= 4 is 11.6 Å². The maximum Gasteiger partial charge on any atom is 0.252 e. The van der Waals surface area contributed by atoms with Crippen LogP contribution in [0.1, 0.15) is 25.7 Å². The van der Waals surface area contributed by atoms with Crippen LogP contribution < -0.4 is 15.4 Å². The molecule has 2 aromatic rings. The second-order valence-electron chi connectivity index (χ2n) is 6.97. The van der Waals surface area contributed by atoms with E-state index in [0.29, 0.717) is 0 Å². The van der Waals surface area contributed by atoms with Crippen molar-refractivity contribution in [2.24, 2.45) is 5.92 Å². The third-order valence-electron chi connectivity index (χ3n) is 5.09. The number of nitrogens with one attached hydrogen (secondary N) is 2. The molecule has 0 radical (unpaired) electrons. The molecule has 1 saturated carbocycles. The lowest BCUT2D eigenvalue weighted by Gasteiger charge is -2.36. The second kappa shape index (κ2) is 6.88. The molecule has 2 N–H and O–H groups in total. The molecule has 2 fully saturated rings. The SMILES string of the molecule is O=C(Nc1ccc(OCC2CC2)cc1)C1(n2cccn2)CCNCC1. The van der Waals surface area contributed by atoms with Crippen molar-refractivity contribution in [2.45, 2.75) is 31.2 Å². The Morgan fingerprint density at radius 3 is 2.68 bits per heavy atom. The Bertz CT molecular complexity index is 702. The molecular formula is C19H24N4O2. The minimum absolute atomic E-state index is 0.00986. The highest BCUT2D eigenvalue weighted by atomic mass is 16.5. The topological polar surface area (TPSA) is 68.2 Å². The predicted octanol–water partition coefficient (Wildman–Crippen LogP) is 2.39. The van der Waals surface area contributed by atoms with Gasteiger partial charge in [-0.25, -0.2) is 0 Å². The maximum absolute atomic E-state index is 13.1. The van der Waals surface area contributed by atoms with E-state index < -0.39 is 5.54 Å². The van der Waals surface area contributed by atoms with E-state index in [1.54, 1.807) is 10.9 Å². The van der Waals surface area contributed by atoms with Crippen LogP contribution in [-0.4, -0.2) is 35.4 Å². The summed E-state index contributed by atoms with van der Waals surface area (Å²) >= 11 is 0. The first-order valence-electron chi connectivity index (χ1n) is 9.01. The molecule has 2 aliphatic rings. The summed E-state index contributed by atoms with van der Waals surface area (Å²) in [5.74, 6) is 1.58. The number of benzene rings is 1. The lowest BCUT2D eigenvalue weighted by atomic mass is 9.87. The van der Waals surface area contributed by atoms with Crippen molar-refractivity contribution in [3.8, 4) is 5.75 Å². The van der Waals surface area contributed by atoms with Gasteiger partial charge in [0.2, 0.25) is 0 Å². The molecule has 2 heterocycles. The first-order valence-corrected chi connectivity index (χ1v) is 9.01. The molecule has 4 rings (SSSR count). The Balaban J connectivity index is 1.45. The van der Waals surface area contributed by atoms with Crippen molar-refractivity contribution in [3.63, 3.8) is 0 Å². The molecular weight excluding hydrogens is 316 g/mol. The normalized spacial score (nSPS) is 19.4. The molecule has 0 spiro atoms. The quantitative estimate of drug-likeness (QED) is 0.847. The third kappa shape index (κ3) is 3.54. The summed E-state index contributed by atoms with van der Waals surface area (Å²) in [5.41, 5.74) is 0.157. The molecule has 0 bridgehead atoms. The number of ether oxygens (including phenoxy) is 1. The number of carbonyl (C=O) groups excluding carboxylic acids is 1. The number of amides is 1. The number of hydrogen-bond acceptors (Lipinski definition) is 4. The number of anilines is 1. The Hall–Kier alpha value is -2.34. The second-order valence-corrected chi connectivity index (χ2v) is 6.97. The van der Waals surface area contributed by atoms with Crippen molar-refractivity contribution in [1.29, 1.82) is 0 Å². The number of aromatic nitrogens is 2. The van der Waals surface area contributed by atoms with E-state index in [1.807, 2.05) is 36.5 Å². The first kappa shape index (κ1) is 16.1. The van der Waals surface area contributed by atoms with E-state index in [9.17, 15) is 4.79 Å². The fourth-order valence-corrected chi connectivity index (χ4v) is 3.30. The third-order valence-corrected chi connectivity index (χ3v) is 5.09. The number of nitrogens with zero attached hydrogens (tertiary/aromatic N) is 2. The van der Waals surface area contributed by atoms with Crippen molar-refractivity contribution in [1.82, 2.24) is 15.1 Å². The summed E-state index contributed by atoms with van der Waals surface area (Å²) in [4.78, 5) is 13.1. The van der Waals surface area contributed by atoms with Crippen LogP contribution in [0, 0.1) is 5.92 Å². The fourth-order valence-electron chi connectivity index (χ4n) is 3.30. The molecule has 1 aromatic heterocycles. The van der Waals surface area contributed by atoms with Gasteiger partial charge in [-0.15, -0.1) is 0 Å². The summed E-state index contributed by atoms with van der Waals surface area (Å²) in [6, 6.07) is 9.50. The van der Waals surface area contributed by atoms with Crippen LogP contribution in [0.15, 0.2) is 42.7 Å². The highest BCUT2D eigenvalue weighted by Gasteiger charge is 2.42. The van der Waals surface area contributed by atoms with Crippen LogP contribution in [0.2, 0.25) is 0 Å². The van der Waals surface area contributed by atoms with Crippen molar-refractivity contribution < 1.29 is 9.53 Å². The molecule has 0 unspecified atom stereocenters. The Morgan fingerprint density at radius 2 is 2.04 bits per heavy atom. The zero-order valence-corrected chi connectivity index (χ0v) is 14.3. The molecule has 132 valence electrons. The van der Waals surface area contributed by atoms with E-state index >= 15 is 0 Å². The Kier molecular flexibility index (Phi) is 4.44. The predicted molar refractivity (Wildman–Crippen MR) is 95.6 cm³/mol. The number of rotatable bonds is 6. The minimum Gasteiger partial charge on any atom is -0.493 e. The van der Waals surface area contributed by atoms with Crippen molar-refractivity contribution in [2.75, 3.05) is 25.0 Å². The van der Waals surface area contributed by atoms with E-state index in [4.69, 9.17) is 4.74 Å². The zero-order valence-electron chi connectivity index (χ0n) is 14.3. The van der Waals surface area contributed by atoms with Crippen LogP contribution in [0.4, 0.5) is 5.69 Å². The number of carbonyl (C=O) groups is 1. The lowest BCUT2D eigenvalue weighted by molar-refractivity contribution is -0.126. The Morgan fingerprint density at radius 1 is 1.28 bits per heavy atom. The zero-order chi connectivity index (χ0) is 17.1. The van der Waals surface area contributed by atoms with Crippen molar-refractivity contribution in [3.05, 3.63) is 42.7 Å². The van der Waals surface area contributed by atoms with Crippen LogP contribution >= 0.6 is 0 Å². The molecule has 25 heavy (non-hydrogen) atoms. The average Bonchev–Trinajstić information content (AvgIpc) is 3.32. The van der Waals surface area contributed by atoms with E-state index in [1.165, 1.54) is 12.8 Å².